The van der Waals surface area contributed by atoms with Crippen molar-refractivity contribution in [3.8, 4) is 0 Å². The molecule has 0 aromatic carbocycles. The number of pyridine rings is 1. The molecule has 1 heterocycles. The molecule has 2 rings (SSSR count). The topological polar surface area (TPSA) is 12.9 Å². The molecule has 0 saturated heterocycles. The first-order valence-electron chi connectivity index (χ1n) is 5.61. The van der Waals surface area contributed by atoms with Crippen molar-refractivity contribution in [3.05, 3.63) is 17.8 Å². The van der Waals surface area contributed by atoms with E-state index in [0.717, 1.165) is 17.4 Å². The molecule has 3 heteroatoms. The molecule has 0 atom stereocenters. The summed E-state index contributed by atoms with van der Waals surface area (Å²) in [4.78, 5) is 6.14. The molecule has 15 heavy (non-hydrogen) atoms. The van der Waals surface area contributed by atoms with Gasteiger partial charge in [-0.3, -0.25) is 0 Å². The molecular weight excluding hydrogens is 222 g/mol. The maximum Gasteiger partial charge on any atom is 0.110 e. The molecule has 82 valence electrons. The van der Waals surface area contributed by atoms with Gasteiger partial charge in [0, 0.05) is 16.5 Å². The Morgan fingerprint density at radius 2 is 1.93 bits per heavy atom. The van der Waals surface area contributed by atoms with Gasteiger partial charge in [0.15, 0.2) is 0 Å². The van der Waals surface area contributed by atoms with Crippen LogP contribution in [0.3, 0.4) is 0 Å². The van der Waals surface area contributed by atoms with Crippen LogP contribution in [0.2, 0.25) is 0 Å². The van der Waals surface area contributed by atoms with E-state index in [1.54, 1.807) is 0 Å². The van der Waals surface area contributed by atoms with Gasteiger partial charge in [-0.25, -0.2) is 4.98 Å². The standard InChI is InChI=1S/C12H17NS2/c1-3-14-11-8-7-10(9-5-6-9)13-12(11)15-4-2/h7-9H,3-6H2,1-2H3. The van der Waals surface area contributed by atoms with Gasteiger partial charge < -0.3 is 0 Å². The number of thioether (sulfide) groups is 2. The van der Waals surface area contributed by atoms with Crippen LogP contribution >= 0.6 is 23.5 Å². The number of hydrogen-bond acceptors (Lipinski definition) is 3. The lowest BCUT2D eigenvalue weighted by molar-refractivity contribution is 0.919. The van der Waals surface area contributed by atoms with Gasteiger partial charge >= 0.3 is 0 Å². The molecule has 1 aromatic rings. The average Bonchev–Trinajstić information content (AvgIpc) is 3.05. The highest BCUT2D eigenvalue weighted by Gasteiger charge is 2.25. The van der Waals surface area contributed by atoms with Crippen molar-refractivity contribution >= 4 is 23.5 Å². The fourth-order valence-electron chi connectivity index (χ4n) is 1.55. The molecule has 1 aliphatic carbocycles. The van der Waals surface area contributed by atoms with Crippen LogP contribution in [0, 0.1) is 0 Å². The van der Waals surface area contributed by atoms with Crippen molar-refractivity contribution in [2.75, 3.05) is 11.5 Å². The minimum absolute atomic E-state index is 0.766. The smallest absolute Gasteiger partial charge is 0.110 e. The molecule has 0 radical (unpaired) electrons. The van der Waals surface area contributed by atoms with Crippen LogP contribution in [0.1, 0.15) is 38.3 Å². The first-order valence-corrected chi connectivity index (χ1v) is 7.58. The predicted octanol–water partition coefficient (Wildman–Crippen LogP) is 4.18. The summed E-state index contributed by atoms with van der Waals surface area (Å²) < 4.78 is 0. The van der Waals surface area contributed by atoms with Gasteiger partial charge in [-0.2, -0.15) is 0 Å². The van der Waals surface area contributed by atoms with E-state index in [4.69, 9.17) is 4.98 Å². The Kier molecular flexibility index (Phi) is 3.98. The lowest BCUT2D eigenvalue weighted by Crippen LogP contribution is -1.92. The predicted molar refractivity (Wildman–Crippen MR) is 69.0 cm³/mol. The SMILES string of the molecule is CCSc1ccc(C2CC2)nc1SCC. The molecule has 0 N–H and O–H groups in total. The Morgan fingerprint density at radius 3 is 2.53 bits per heavy atom. The van der Waals surface area contributed by atoms with Crippen molar-refractivity contribution in [1.29, 1.82) is 0 Å². The molecule has 0 bridgehead atoms. The van der Waals surface area contributed by atoms with E-state index >= 15 is 0 Å². The van der Waals surface area contributed by atoms with Gasteiger partial charge in [-0.1, -0.05) is 13.8 Å². The molecule has 0 aliphatic heterocycles. The van der Waals surface area contributed by atoms with E-state index in [9.17, 15) is 0 Å². The monoisotopic (exact) mass is 239 g/mol. The summed E-state index contributed by atoms with van der Waals surface area (Å²) in [6.07, 6.45) is 2.67. The fourth-order valence-corrected chi connectivity index (χ4v) is 3.21. The molecule has 1 nitrogen and oxygen atoms in total. The maximum absolute atomic E-state index is 4.79. The first-order chi connectivity index (χ1) is 7.35. The summed E-state index contributed by atoms with van der Waals surface area (Å²) in [5, 5.41) is 1.24. The van der Waals surface area contributed by atoms with Crippen molar-refractivity contribution in [3.63, 3.8) is 0 Å². The van der Waals surface area contributed by atoms with Crippen LogP contribution in [0.4, 0.5) is 0 Å². The second kappa shape index (κ2) is 5.26. The molecule has 1 fully saturated rings. The normalized spacial score (nSPS) is 15.6. The van der Waals surface area contributed by atoms with Crippen LogP contribution < -0.4 is 0 Å². The van der Waals surface area contributed by atoms with Crippen molar-refractivity contribution in [1.82, 2.24) is 4.98 Å². The number of aromatic nitrogens is 1. The van der Waals surface area contributed by atoms with E-state index in [2.05, 4.69) is 26.0 Å². The number of rotatable bonds is 5. The third kappa shape index (κ3) is 2.91. The summed E-state index contributed by atoms with van der Waals surface area (Å²) >= 11 is 3.77. The Labute approximate surface area is 100 Å². The van der Waals surface area contributed by atoms with Crippen LogP contribution in [0.25, 0.3) is 0 Å². The second-order valence-electron chi connectivity index (χ2n) is 3.68. The molecule has 1 aromatic heterocycles. The van der Waals surface area contributed by atoms with Crippen molar-refractivity contribution in [2.45, 2.75) is 42.5 Å². The van der Waals surface area contributed by atoms with E-state index in [0.29, 0.717) is 0 Å². The summed E-state index contributed by atoms with van der Waals surface area (Å²) in [5.74, 6) is 3.00. The van der Waals surface area contributed by atoms with E-state index in [1.807, 2.05) is 23.5 Å². The first kappa shape index (κ1) is 11.3. The zero-order valence-corrected chi connectivity index (χ0v) is 11.0. The summed E-state index contributed by atoms with van der Waals surface area (Å²) in [6.45, 7) is 4.39. The molecule has 1 saturated carbocycles. The van der Waals surface area contributed by atoms with Crippen LogP contribution in [0.5, 0.6) is 0 Å². The zero-order chi connectivity index (χ0) is 10.7. The summed E-state index contributed by atoms with van der Waals surface area (Å²) in [6, 6.07) is 4.47. The number of hydrogen-bond donors (Lipinski definition) is 0. The van der Waals surface area contributed by atoms with Crippen LogP contribution in [0.15, 0.2) is 22.1 Å². The third-order valence-corrected chi connectivity index (χ3v) is 4.36. The average molecular weight is 239 g/mol. The van der Waals surface area contributed by atoms with Gasteiger partial charge in [-0.05, 0) is 36.5 Å². The summed E-state index contributed by atoms with van der Waals surface area (Å²) in [7, 11) is 0. The lowest BCUT2D eigenvalue weighted by Gasteiger charge is -2.08. The molecular formula is C12H17NS2. The maximum atomic E-state index is 4.79. The van der Waals surface area contributed by atoms with Crippen molar-refractivity contribution < 1.29 is 0 Å². The van der Waals surface area contributed by atoms with Crippen LogP contribution in [-0.2, 0) is 0 Å². The third-order valence-electron chi connectivity index (χ3n) is 2.42. The lowest BCUT2D eigenvalue weighted by atomic mass is 10.2. The highest BCUT2D eigenvalue weighted by Crippen LogP contribution is 2.41. The quantitative estimate of drug-likeness (QED) is 0.715. The van der Waals surface area contributed by atoms with Gasteiger partial charge in [-0.15, -0.1) is 23.5 Å². The van der Waals surface area contributed by atoms with E-state index < -0.39 is 0 Å². The number of nitrogens with zero attached hydrogens (tertiary/aromatic N) is 1. The summed E-state index contributed by atoms with van der Waals surface area (Å²) in [5.41, 5.74) is 1.31. The highest BCUT2D eigenvalue weighted by atomic mass is 32.2. The van der Waals surface area contributed by atoms with Crippen LogP contribution in [-0.4, -0.2) is 16.5 Å². The van der Waals surface area contributed by atoms with E-state index in [-0.39, 0.29) is 0 Å². The highest BCUT2D eigenvalue weighted by molar-refractivity contribution is 8.02. The van der Waals surface area contributed by atoms with Gasteiger partial charge in [0.05, 0.1) is 0 Å². The fraction of sp³-hybridized carbons (Fsp3) is 0.583. The Hall–Kier alpha value is -0.150. The largest absolute Gasteiger partial charge is 0.245 e. The second-order valence-corrected chi connectivity index (χ2v) is 6.24. The Balaban J connectivity index is 2.21. The van der Waals surface area contributed by atoms with E-state index in [1.165, 1.54) is 28.5 Å². The van der Waals surface area contributed by atoms with Gasteiger partial charge in [0.1, 0.15) is 5.03 Å². The van der Waals surface area contributed by atoms with Crippen molar-refractivity contribution in [2.24, 2.45) is 0 Å². The zero-order valence-electron chi connectivity index (χ0n) is 9.32. The molecule has 0 unspecified atom stereocenters. The van der Waals surface area contributed by atoms with Gasteiger partial charge in [0.2, 0.25) is 0 Å². The minimum atomic E-state index is 0.766. The molecule has 1 aliphatic rings. The Morgan fingerprint density at radius 1 is 1.20 bits per heavy atom. The minimum Gasteiger partial charge on any atom is -0.245 e. The Bertz CT molecular complexity index is 334. The van der Waals surface area contributed by atoms with Gasteiger partial charge in [0.25, 0.3) is 0 Å². The molecule has 0 spiro atoms. The molecule has 0 amide bonds.